The summed E-state index contributed by atoms with van der Waals surface area (Å²) in [5, 5.41) is 6.15. The molecule has 9 heterocycles. The number of alkyl halides is 3. The molecule has 3 fully saturated rings. The molecule has 2 atom stereocenters. The van der Waals surface area contributed by atoms with Crippen LogP contribution in [-0.2, 0) is 0 Å². The molecule has 2 N–H and O–H groups in total. The van der Waals surface area contributed by atoms with Gasteiger partial charge in [-0.25, -0.2) is 19.6 Å². The molecule has 5 aliphatic heterocycles. The average molecular weight is 816 g/mol. The average Bonchev–Trinajstić information content (AvgIpc) is 3.78. The molecule has 4 bridgehead atoms. The zero-order valence-corrected chi connectivity index (χ0v) is 32.3. The standard InChI is InChI=1S/C21H23F3N6O.C15H14ClN5O.2H2S/c22-21(23,24)14-5-9-28(10-6-14)18-4-3-17-19(27-18)30(16-7-11-29(17)13-16)20(31)26-15-2-1-8-25-12-15;16-13-4-3-12-14(19-13)21(11-5-7-20(12)9-11)15(22)18-10-2-1-6-17-8-10;;/h1-4,8,12,14,16H,5-7,9-11,13H2,(H,26,31);1-4,6,8,11H,5,7,9H2,(H,18,22);2*1H2/t16-;11-;;/m00../s1. The number of fused-ring (bicyclic) bond motifs is 8. The number of carbonyl (C=O) groups excluding carboxylic acids is 2. The minimum atomic E-state index is -4.15. The third kappa shape index (κ3) is 8.30. The molecule has 13 nitrogen and oxygen atoms in total. The third-order valence-corrected chi connectivity index (χ3v) is 10.6. The zero-order chi connectivity index (χ0) is 36.7. The van der Waals surface area contributed by atoms with Crippen molar-refractivity contribution >= 4 is 90.9 Å². The first kappa shape index (κ1) is 40.0. The van der Waals surface area contributed by atoms with E-state index in [1.807, 2.05) is 29.2 Å². The van der Waals surface area contributed by atoms with Crippen molar-refractivity contribution in [1.82, 2.24) is 19.9 Å². The van der Waals surface area contributed by atoms with Crippen molar-refractivity contribution in [2.24, 2.45) is 5.92 Å². The van der Waals surface area contributed by atoms with Crippen molar-refractivity contribution in [2.75, 3.05) is 74.4 Å². The van der Waals surface area contributed by atoms with E-state index < -0.39 is 12.1 Å². The van der Waals surface area contributed by atoms with Crippen LogP contribution in [0.15, 0.2) is 73.3 Å². The van der Waals surface area contributed by atoms with E-state index in [0.29, 0.717) is 47.1 Å². The molecule has 0 radical (unpaired) electrons. The smallest absolute Gasteiger partial charge is 0.366 e. The second-order valence-corrected chi connectivity index (χ2v) is 14.0. The molecule has 55 heavy (non-hydrogen) atoms. The maximum Gasteiger partial charge on any atom is 0.391 e. The molecular weight excluding hydrogens is 775 g/mol. The molecule has 0 saturated carbocycles. The fourth-order valence-corrected chi connectivity index (χ4v) is 7.91. The summed E-state index contributed by atoms with van der Waals surface area (Å²) in [6, 6.07) is 14.2. The highest BCUT2D eigenvalue weighted by molar-refractivity contribution is 7.59. The van der Waals surface area contributed by atoms with Crippen LogP contribution in [0.3, 0.4) is 0 Å². The molecule has 0 aliphatic carbocycles. The van der Waals surface area contributed by atoms with Crippen molar-refractivity contribution in [1.29, 1.82) is 0 Å². The lowest BCUT2D eigenvalue weighted by molar-refractivity contribution is -0.179. The fraction of sp³-hybridized carbons (Fsp3) is 0.389. The summed E-state index contributed by atoms with van der Waals surface area (Å²) in [4.78, 5) is 52.8. The van der Waals surface area contributed by atoms with Crippen LogP contribution in [0.1, 0.15) is 25.7 Å². The largest absolute Gasteiger partial charge is 0.391 e. The molecule has 9 rings (SSSR count). The number of anilines is 7. The Morgan fingerprint density at radius 2 is 1.16 bits per heavy atom. The first-order chi connectivity index (χ1) is 25.6. The number of urea groups is 2. The summed E-state index contributed by atoms with van der Waals surface area (Å²) in [6.45, 7) is 3.93. The Morgan fingerprint density at radius 3 is 1.65 bits per heavy atom. The Kier molecular flexibility index (Phi) is 12.1. The molecule has 0 spiro atoms. The van der Waals surface area contributed by atoms with Crippen molar-refractivity contribution in [3.8, 4) is 0 Å². The van der Waals surface area contributed by atoms with Gasteiger partial charge in [0.1, 0.15) is 11.0 Å². The summed E-state index contributed by atoms with van der Waals surface area (Å²) >= 11 is 6.02. The van der Waals surface area contributed by atoms with E-state index in [1.165, 1.54) is 0 Å². The number of hydrogen-bond donors (Lipinski definition) is 2. The van der Waals surface area contributed by atoms with Gasteiger partial charge in [-0.15, -0.1) is 0 Å². The molecule has 0 unspecified atom stereocenters. The second kappa shape index (κ2) is 16.6. The van der Waals surface area contributed by atoms with E-state index >= 15 is 0 Å². The number of hydrogen-bond acceptors (Lipinski definition) is 9. The first-order valence-corrected chi connectivity index (χ1v) is 18.0. The quantitative estimate of drug-likeness (QED) is 0.213. The predicted molar refractivity (Wildman–Crippen MR) is 218 cm³/mol. The van der Waals surface area contributed by atoms with Crippen molar-refractivity contribution in [3.63, 3.8) is 0 Å². The van der Waals surface area contributed by atoms with E-state index in [0.717, 1.165) is 50.4 Å². The molecular formula is C36H41ClF3N11O2S2. The second-order valence-electron chi connectivity index (χ2n) is 13.7. The lowest BCUT2D eigenvalue weighted by atomic mass is 9.96. The minimum absolute atomic E-state index is 0. The Bertz CT molecular complexity index is 1980. The summed E-state index contributed by atoms with van der Waals surface area (Å²) in [6.07, 6.45) is 4.23. The van der Waals surface area contributed by atoms with Crippen molar-refractivity contribution in [2.45, 2.75) is 43.9 Å². The van der Waals surface area contributed by atoms with Crippen LogP contribution >= 0.6 is 38.6 Å². The first-order valence-electron chi connectivity index (χ1n) is 17.6. The number of amides is 4. The molecule has 5 aliphatic rings. The Balaban J connectivity index is 0.000000190. The van der Waals surface area contributed by atoms with Crippen molar-refractivity contribution in [3.05, 3.63) is 78.5 Å². The van der Waals surface area contributed by atoms with Gasteiger partial charge in [0.05, 0.1) is 53.1 Å². The van der Waals surface area contributed by atoms with Gasteiger partial charge in [0.2, 0.25) is 0 Å². The lowest BCUT2D eigenvalue weighted by Gasteiger charge is -2.38. The Labute approximate surface area is 335 Å². The van der Waals surface area contributed by atoms with Crippen LogP contribution in [-0.4, -0.2) is 89.5 Å². The SMILES string of the molecule is O=C(Nc1cccnc1)N1c2nc(Cl)ccc2N2CC[C@H]1C2.O=C(Nc1cccnc1)N1c2nc(N3CCC(C(F)(F)F)CC3)ccc2N2CC[C@H]1C2.S.S. The van der Waals surface area contributed by atoms with Crippen LogP contribution in [0, 0.1) is 5.92 Å². The van der Waals surface area contributed by atoms with Gasteiger partial charge in [0, 0.05) is 51.7 Å². The van der Waals surface area contributed by atoms with Gasteiger partial charge in [-0.3, -0.25) is 19.8 Å². The number of rotatable bonds is 3. The Morgan fingerprint density at radius 1 is 0.673 bits per heavy atom. The summed E-state index contributed by atoms with van der Waals surface area (Å²) < 4.78 is 39.0. The molecule has 19 heteroatoms. The summed E-state index contributed by atoms with van der Waals surface area (Å²) in [5.74, 6) is 0.541. The molecule has 4 aromatic rings. The highest BCUT2D eigenvalue weighted by Crippen LogP contribution is 2.42. The van der Waals surface area contributed by atoms with E-state index in [1.54, 1.807) is 58.9 Å². The predicted octanol–water partition coefficient (Wildman–Crippen LogP) is 6.87. The van der Waals surface area contributed by atoms with E-state index in [-0.39, 0.29) is 64.0 Å². The molecule has 3 saturated heterocycles. The highest BCUT2D eigenvalue weighted by atomic mass is 35.5. The number of aromatic nitrogens is 4. The lowest BCUT2D eigenvalue weighted by Crippen LogP contribution is -2.48. The number of nitrogens with zero attached hydrogens (tertiary/aromatic N) is 9. The molecule has 292 valence electrons. The third-order valence-electron chi connectivity index (χ3n) is 10.4. The monoisotopic (exact) mass is 815 g/mol. The van der Waals surface area contributed by atoms with Gasteiger partial charge in [0.25, 0.3) is 0 Å². The van der Waals surface area contributed by atoms with Crippen LogP contribution in [0.4, 0.5) is 63.0 Å². The number of nitrogens with one attached hydrogen (secondary N) is 2. The maximum atomic E-state index is 13.1. The van der Waals surface area contributed by atoms with E-state index in [2.05, 4.69) is 35.4 Å². The number of halogens is 4. The summed E-state index contributed by atoms with van der Waals surface area (Å²) in [7, 11) is 0. The molecule has 4 amide bonds. The normalized spacial score (nSPS) is 19.6. The van der Waals surface area contributed by atoms with Crippen LogP contribution in [0.5, 0.6) is 0 Å². The number of carbonyl (C=O) groups is 2. The minimum Gasteiger partial charge on any atom is -0.366 e. The molecule has 0 aromatic carbocycles. The maximum absolute atomic E-state index is 13.1. The fourth-order valence-electron chi connectivity index (χ4n) is 7.76. The van der Waals surface area contributed by atoms with Crippen LogP contribution in [0.2, 0.25) is 5.15 Å². The van der Waals surface area contributed by atoms with Gasteiger partial charge in [-0.2, -0.15) is 40.2 Å². The highest BCUT2D eigenvalue weighted by Gasteiger charge is 2.43. The zero-order valence-electron chi connectivity index (χ0n) is 29.6. The topological polar surface area (TPSA) is 126 Å². The van der Waals surface area contributed by atoms with Crippen LogP contribution < -0.4 is 35.1 Å². The van der Waals surface area contributed by atoms with E-state index in [9.17, 15) is 22.8 Å². The van der Waals surface area contributed by atoms with Gasteiger partial charge in [-0.05, 0) is 74.2 Å². The van der Waals surface area contributed by atoms with E-state index in [4.69, 9.17) is 16.6 Å². The number of piperidine rings is 1. The van der Waals surface area contributed by atoms with Crippen LogP contribution in [0.25, 0.3) is 0 Å². The van der Waals surface area contributed by atoms with Crippen molar-refractivity contribution < 1.29 is 22.8 Å². The van der Waals surface area contributed by atoms with Gasteiger partial charge in [-0.1, -0.05) is 11.6 Å². The van der Waals surface area contributed by atoms with Gasteiger partial charge in [0.15, 0.2) is 11.6 Å². The summed E-state index contributed by atoms with van der Waals surface area (Å²) in [5.41, 5.74) is 3.10. The Hall–Kier alpha value is -4.68. The number of pyridine rings is 4. The molecule has 4 aromatic heterocycles. The van der Waals surface area contributed by atoms with Gasteiger partial charge >= 0.3 is 18.2 Å². The van der Waals surface area contributed by atoms with Gasteiger partial charge < -0.3 is 25.3 Å².